The van der Waals surface area contributed by atoms with Gasteiger partial charge in [-0.25, -0.2) is 4.79 Å². The molecule has 3 N–H and O–H groups in total. The quantitative estimate of drug-likeness (QED) is 0.705. The maximum Gasteiger partial charge on any atom is 0.315 e. The molecule has 30 heavy (non-hydrogen) atoms. The second-order valence-electron chi connectivity index (χ2n) is 7.72. The van der Waals surface area contributed by atoms with Crippen molar-refractivity contribution in [2.75, 3.05) is 25.0 Å². The van der Waals surface area contributed by atoms with Gasteiger partial charge in [0, 0.05) is 19.3 Å². The van der Waals surface area contributed by atoms with Gasteiger partial charge >= 0.3 is 6.03 Å². The second-order valence-corrected chi connectivity index (χ2v) is 7.72. The Morgan fingerprint density at radius 1 is 1.27 bits per heavy atom. The Bertz CT molecular complexity index is 905. The predicted octanol–water partition coefficient (Wildman–Crippen LogP) is 2.44. The van der Waals surface area contributed by atoms with E-state index in [2.05, 4.69) is 27.9 Å². The van der Waals surface area contributed by atoms with Gasteiger partial charge in [0.15, 0.2) is 0 Å². The molecule has 0 bridgehead atoms. The number of ether oxygens (including phenoxy) is 1. The van der Waals surface area contributed by atoms with Crippen LogP contribution in [0.2, 0.25) is 0 Å². The maximum absolute atomic E-state index is 12.6. The van der Waals surface area contributed by atoms with Crippen LogP contribution in [0.5, 0.6) is 5.75 Å². The Hall–Kier alpha value is -3.29. The van der Waals surface area contributed by atoms with E-state index in [1.807, 2.05) is 36.4 Å². The number of pyridine rings is 1. The van der Waals surface area contributed by atoms with Gasteiger partial charge in [0.2, 0.25) is 5.91 Å². The first kappa shape index (κ1) is 20.0. The first-order chi connectivity index (χ1) is 14.6. The molecule has 2 aliphatic heterocycles. The number of carbonyl (C=O) groups excluding carboxylic acids is 2. The maximum atomic E-state index is 12.6. The minimum Gasteiger partial charge on any atom is -0.489 e. The Morgan fingerprint density at radius 2 is 2.17 bits per heavy atom. The predicted molar refractivity (Wildman–Crippen MR) is 113 cm³/mol. The van der Waals surface area contributed by atoms with Gasteiger partial charge in [0.25, 0.3) is 0 Å². The molecule has 8 heteroatoms. The van der Waals surface area contributed by atoms with Gasteiger partial charge in [0.05, 0.1) is 30.0 Å². The topological polar surface area (TPSA) is 95.6 Å². The number of hydrogen-bond acceptors (Lipinski definition) is 5. The molecule has 2 aromatic rings. The summed E-state index contributed by atoms with van der Waals surface area (Å²) in [5.74, 6) is 0.693. The number of anilines is 1. The number of aromatic nitrogens is 1. The van der Waals surface area contributed by atoms with Crippen LogP contribution < -0.4 is 20.7 Å². The molecule has 0 saturated carbocycles. The van der Waals surface area contributed by atoms with Gasteiger partial charge in [-0.15, -0.1) is 0 Å². The van der Waals surface area contributed by atoms with Crippen molar-refractivity contribution < 1.29 is 14.3 Å². The molecule has 0 aliphatic carbocycles. The molecule has 158 valence electrons. The van der Waals surface area contributed by atoms with Gasteiger partial charge in [-0.3, -0.25) is 9.78 Å². The zero-order valence-electron chi connectivity index (χ0n) is 17.1. The van der Waals surface area contributed by atoms with Crippen molar-refractivity contribution in [1.82, 2.24) is 20.5 Å². The highest BCUT2D eigenvalue weighted by Gasteiger charge is 2.30. The van der Waals surface area contributed by atoms with Gasteiger partial charge in [-0.2, -0.15) is 0 Å². The van der Waals surface area contributed by atoms with Crippen LogP contribution in [0.15, 0.2) is 42.6 Å². The molecular formula is C22H27N5O3. The van der Waals surface area contributed by atoms with E-state index in [1.54, 1.807) is 11.1 Å². The van der Waals surface area contributed by atoms with Crippen LogP contribution in [0.1, 0.15) is 37.1 Å². The molecule has 4 rings (SSSR count). The van der Waals surface area contributed by atoms with Crippen LogP contribution in [-0.4, -0.2) is 47.6 Å². The molecule has 1 aromatic heterocycles. The second kappa shape index (κ2) is 9.02. The van der Waals surface area contributed by atoms with Crippen molar-refractivity contribution >= 4 is 17.6 Å². The third-order valence-electron chi connectivity index (χ3n) is 5.39. The van der Waals surface area contributed by atoms with E-state index >= 15 is 0 Å². The highest BCUT2D eigenvalue weighted by molar-refractivity contribution is 5.84. The Morgan fingerprint density at radius 3 is 3.00 bits per heavy atom. The summed E-state index contributed by atoms with van der Waals surface area (Å²) < 4.78 is 5.72. The average Bonchev–Trinajstić information content (AvgIpc) is 3.26. The summed E-state index contributed by atoms with van der Waals surface area (Å²) in [6.07, 6.45) is 3.57. The first-order valence-corrected chi connectivity index (χ1v) is 10.3. The van der Waals surface area contributed by atoms with Crippen LogP contribution in [0.4, 0.5) is 10.5 Å². The number of fused-ring (bicyclic) bond motifs is 1. The first-order valence-electron chi connectivity index (χ1n) is 10.3. The zero-order chi connectivity index (χ0) is 20.9. The number of carbonyl (C=O) groups is 2. The SMILES string of the molecule is C[C@@H]1COc2cc(CNC(=O)NCC(=O)N3CCCC3c3ccccn3)ccc2N1. The standard InChI is InChI=1S/C22H27N5O3/c1-15-14-30-20-11-16(7-8-18(20)26-15)12-24-22(29)25-13-21(28)27-10-4-6-19(27)17-5-2-3-9-23-17/h2-3,5,7-9,11,15,19,26H,4,6,10,12-14H2,1H3,(H2,24,25,29)/t15-,19?/m1/s1. The monoisotopic (exact) mass is 409 g/mol. The summed E-state index contributed by atoms with van der Waals surface area (Å²) in [6.45, 7) is 3.68. The van der Waals surface area contributed by atoms with Crippen molar-refractivity contribution in [1.29, 1.82) is 0 Å². The molecule has 1 unspecified atom stereocenters. The summed E-state index contributed by atoms with van der Waals surface area (Å²) in [7, 11) is 0. The van der Waals surface area contributed by atoms with Crippen LogP contribution in [-0.2, 0) is 11.3 Å². The number of rotatable bonds is 5. The molecule has 2 atom stereocenters. The van der Waals surface area contributed by atoms with E-state index in [0.29, 0.717) is 19.7 Å². The van der Waals surface area contributed by atoms with Crippen LogP contribution in [0, 0.1) is 0 Å². The van der Waals surface area contributed by atoms with Gasteiger partial charge in [0.1, 0.15) is 12.4 Å². The van der Waals surface area contributed by atoms with E-state index in [1.165, 1.54) is 0 Å². The molecule has 0 spiro atoms. The van der Waals surface area contributed by atoms with Crippen LogP contribution >= 0.6 is 0 Å². The molecule has 1 saturated heterocycles. The van der Waals surface area contributed by atoms with Crippen molar-refractivity contribution in [2.45, 2.75) is 38.4 Å². The van der Waals surface area contributed by atoms with E-state index in [-0.39, 0.29) is 30.6 Å². The molecule has 3 heterocycles. The van der Waals surface area contributed by atoms with Crippen molar-refractivity contribution in [2.24, 2.45) is 0 Å². The molecule has 0 radical (unpaired) electrons. The highest BCUT2D eigenvalue weighted by atomic mass is 16.5. The molecular weight excluding hydrogens is 382 g/mol. The number of hydrogen-bond donors (Lipinski definition) is 3. The molecule has 1 aromatic carbocycles. The molecule has 2 aliphatic rings. The largest absolute Gasteiger partial charge is 0.489 e. The number of benzene rings is 1. The van der Waals surface area contributed by atoms with Crippen molar-refractivity contribution in [3.05, 3.63) is 53.9 Å². The zero-order valence-corrected chi connectivity index (χ0v) is 17.1. The Balaban J connectivity index is 1.25. The van der Waals surface area contributed by atoms with E-state index in [9.17, 15) is 9.59 Å². The normalized spacial score (nSPS) is 20.0. The lowest BCUT2D eigenvalue weighted by Crippen LogP contribution is -2.43. The van der Waals surface area contributed by atoms with Crippen molar-refractivity contribution in [3.8, 4) is 5.75 Å². The Kier molecular flexibility index (Phi) is 6.02. The number of amides is 3. The van der Waals surface area contributed by atoms with Gasteiger partial charge in [-0.05, 0) is 49.6 Å². The lowest BCUT2D eigenvalue weighted by molar-refractivity contribution is -0.131. The minimum absolute atomic E-state index is 0.0182. The summed E-state index contributed by atoms with van der Waals surface area (Å²) >= 11 is 0. The number of nitrogens with one attached hydrogen (secondary N) is 3. The van der Waals surface area contributed by atoms with E-state index in [0.717, 1.165) is 35.5 Å². The Labute approximate surface area is 176 Å². The fourth-order valence-electron chi connectivity index (χ4n) is 3.89. The third-order valence-corrected chi connectivity index (χ3v) is 5.39. The summed E-state index contributed by atoms with van der Waals surface area (Å²) in [5.41, 5.74) is 2.79. The van der Waals surface area contributed by atoms with Gasteiger partial charge < -0.3 is 25.6 Å². The lowest BCUT2D eigenvalue weighted by Gasteiger charge is -2.25. The molecule has 3 amide bonds. The van der Waals surface area contributed by atoms with E-state index < -0.39 is 0 Å². The summed E-state index contributed by atoms with van der Waals surface area (Å²) in [4.78, 5) is 31.0. The minimum atomic E-state index is -0.373. The fourth-order valence-corrected chi connectivity index (χ4v) is 3.89. The van der Waals surface area contributed by atoms with Crippen LogP contribution in [0.3, 0.4) is 0 Å². The average molecular weight is 409 g/mol. The van der Waals surface area contributed by atoms with Crippen molar-refractivity contribution in [3.63, 3.8) is 0 Å². The number of nitrogens with zero attached hydrogens (tertiary/aromatic N) is 2. The number of urea groups is 1. The molecule has 8 nitrogen and oxygen atoms in total. The molecule has 1 fully saturated rings. The highest BCUT2D eigenvalue weighted by Crippen LogP contribution is 2.31. The van der Waals surface area contributed by atoms with E-state index in [4.69, 9.17) is 4.74 Å². The number of likely N-dealkylation sites (tertiary alicyclic amines) is 1. The van der Waals surface area contributed by atoms with Crippen LogP contribution in [0.25, 0.3) is 0 Å². The smallest absolute Gasteiger partial charge is 0.315 e. The lowest BCUT2D eigenvalue weighted by atomic mass is 10.1. The summed E-state index contributed by atoms with van der Waals surface area (Å²) in [5, 5.41) is 8.81. The summed E-state index contributed by atoms with van der Waals surface area (Å²) in [6, 6.07) is 11.4. The fraction of sp³-hybridized carbons (Fsp3) is 0.409. The van der Waals surface area contributed by atoms with Gasteiger partial charge in [-0.1, -0.05) is 12.1 Å². The third kappa shape index (κ3) is 4.64.